The Morgan fingerprint density at radius 1 is 0.577 bits per heavy atom. The first kappa shape index (κ1) is 67.3. The van der Waals surface area contributed by atoms with Gasteiger partial charge in [-0.2, -0.15) is 8.42 Å². The zero-order valence-electron chi connectivity index (χ0n) is 45.3. The van der Waals surface area contributed by atoms with Crippen LogP contribution in [-0.4, -0.2) is 95.4 Å². The van der Waals surface area contributed by atoms with Gasteiger partial charge in [0.1, 0.15) is 24.4 Å². The van der Waals surface area contributed by atoms with Crippen molar-refractivity contribution in [3.63, 3.8) is 0 Å². The molecule has 0 aliphatic carbocycles. The summed E-state index contributed by atoms with van der Waals surface area (Å²) in [7, 11) is -5.09. The molecular formula is C58H109NO11S. The number of unbranched alkanes of at least 4 members (excludes halogenated alkanes) is 35. The van der Waals surface area contributed by atoms with Crippen LogP contribution < -0.4 is 5.32 Å². The predicted octanol–water partition coefficient (Wildman–Crippen LogP) is 13.8. The first-order valence-electron chi connectivity index (χ1n) is 29.4. The molecule has 0 aromatic heterocycles. The molecule has 0 aromatic rings. The highest BCUT2D eigenvalue weighted by Crippen LogP contribution is 2.26. The quantitative estimate of drug-likeness (QED) is 0.0193. The van der Waals surface area contributed by atoms with Crippen LogP contribution >= 0.6 is 0 Å². The van der Waals surface area contributed by atoms with Gasteiger partial charge in [0.2, 0.25) is 5.91 Å². The minimum atomic E-state index is -5.09. The second-order valence-corrected chi connectivity index (χ2v) is 21.6. The van der Waals surface area contributed by atoms with Crippen LogP contribution in [0.4, 0.5) is 0 Å². The molecule has 13 heteroatoms. The molecule has 0 spiro atoms. The highest BCUT2D eigenvalue weighted by atomic mass is 32.3. The summed E-state index contributed by atoms with van der Waals surface area (Å²) >= 11 is 0. The second kappa shape index (κ2) is 48.0. The van der Waals surface area contributed by atoms with Crippen molar-refractivity contribution in [3.05, 3.63) is 36.5 Å². The average Bonchev–Trinajstić information content (AvgIpc) is 3.34. The highest BCUT2D eigenvalue weighted by Gasteiger charge is 2.48. The molecule has 418 valence electrons. The van der Waals surface area contributed by atoms with E-state index in [1.807, 2.05) is 6.08 Å². The van der Waals surface area contributed by atoms with E-state index in [-0.39, 0.29) is 18.9 Å². The Morgan fingerprint density at radius 3 is 1.41 bits per heavy atom. The van der Waals surface area contributed by atoms with Crippen molar-refractivity contribution in [2.75, 3.05) is 13.2 Å². The van der Waals surface area contributed by atoms with E-state index in [1.54, 1.807) is 6.08 Å². The summed E-state index contributed by atoms with van der Waals surface area (Å²) in [5.41, 5.74) is 0. The summed E-state index contributed by atoms with van der Waals surface area (Å²) < 4.78 is 47.9. The van der Waals surface area contributed by atoms with E-state index >= 15 is 0 Å². The van der Waals surface area contributed by atoms with Crippen molar-refractivity contribution >= 4 is 16.3 Å². The topological polar surface area (TPSA) is 192 Å². The fourth-order valence-corrected chi connectivity index (χ4v) is 9.95. The number of aliphatic hydroxyl groups excluding tert-OH is 4. The van der Waals surface area contributed by atoms with Crippen molar-refractivity contribution in [1.29, 1.82) is 0 Å². The molecular weight excluding hydrogens is 919 g/mol. The molecule has 1 rings (SSSR count). The third-order valence-corrected chi connectivity index (χ3v) is 14.4. The van der Waals surface area contributed by atoms with E-state index < -0.39 is 59.9 Å². The van der Waals surface area contributed by atoms with Gasteiger partial charge in [0.05, 0.1) is 25.4 Å². The lowest BCUT2D eigenvalue weighted by Gasteiger charge is -2.41. The molecule has 1 aliphatic rings. The van der Waals surface area contributed by atoms with Gasteiger partial charge in [-0.1, -0.05) is 256 Å². The monoisotopic (exact) mass is 1030 g/mol. The molecule has 7 unspecified atom stereocenters. The van der Waals surface area contributed by atoms with Gasteiger partial charge in [-0.05, 0) is 44.9 Å². The lowest BCUT2D eigenvalue weighted by atomic mass is 9.99. The number of hydrogen-bond acceptors (Lipinski definition) is 10. The third-order valence-electron chi connectivity index (χ3n) is 13.9. The van der Waals surface area contributed by atoms with Gasteiger partial charge < -0.3 is 35.2 Å². The number of carbonyl (C=O) groups is 1. The number of rotatable bonds is 51. The van der Waals surface area contributed by atoms with E-state index in [9.17, 15) is 38.2 Å². The number of nitrogens with one attached hydrogen (secondary N) is 1. The molecule has 1 heterocycles. The Labute approximate surface area is 435 Å². The molecule has 1 amide bonds. The van der Waals surface area contributed by atoms with E-state index in [1.165, 1.54) is 193 Å². The fourth-order valence-electron chi connectivity index (χ4n) is 9.44. The summed E-state index contributed by atoms with van der Waals surface area (Å²) in [6.45, 7) is 3.33. The second-order valence-electron chi connectivity index (χ2n) is 20.6. The van der Waals surface area contributed by atoms with Crippen molar-refractivity contribution < 1.29 is 51.8 Å². The SMILES string of the molecule is CC/C=C\C/C=C\CCCCCCCCCCCCCCCCC(=O)NC(COC1OC(CO)C(O)C(OS(=O)(=O)O)C1O)C(O)/C=C/CCCCCCCCCCCCCCCCCCCCCCC. The highest BCUT2D eigenvalue weighted by molar-refractivity contribution is 7.80. The van der Waals surface area contributed by atoms with Crippen LogP contribution in [-0.2, 0) is 28.9 Å². The largest absolute Gasteiger partial charge is 0.397 e. The van der Waals surface area contributed by atoms with E-state index in [2.05, 4.69) is 47.7 Å². The Hall–Kier alpha value is -1.68. The van der Waals surface area contributed by atoms with Crippen LogP contribution in [0.2, 0.25) is 0 Å². The number of amides is 1. The van der Waals surface area contributed by atoms with Crippen molar-refractivity contribution in [2.45, 2.75) is 314 Å². The number of aliphatic hydroxyl groups is 4. The molecule has 1 fully saturated rings. The zero-order valence-corrected chi connectivity index (χ0v) is 46.1. The number of allylic oxidation sites excluding steroid dienone is 5. The van der Waals surface area contributed by atoms with Crippen molar-refractivity contribution in [1.82, 2.24) is 5.32 Å². The Bertz CT molecular complexity index is 1390. The minimum Gasteiger partial charge on any atom is -0.394 e. The molecule has 0 bridgehead atoms. The van der Waals surface area contributed by atoms with E-state index in [4.69, 9.17) is 9.47 Å². The minimum absolute atomic E-state index is 0.260. The van der Waals surface area contributed by atoms with E-state index in [0.717, 1.165) is 51.4 Å². The number of ether oxygens (including phenoxy) is 2. The van der Waals surface area contributed by atoms with Crippen molar-refractivity contribution in [3.8, 4) is 0 Å². The molecule has 71 heavy (non-hydrogen) atoms. The standard InChI is InChI=1S/C58H109NO11S/c1-3-5-7-9-11-13-15-17-19-21-23-25-26-28-29-31-33-35-37-39-41-43-45-47-52(61)51(50-68-58-56(64)57(70-71(65,66)67)55(63)53(49-60)69-58)59-54(62)48-46-44-42-40-38-36-34-32-30-27-24-22-20-18-16-14-12-10-8-6-4-2/h6,8,12,14,45,47,51-53,55-58,60-61,63-64H,3-5,7,9-11,13,15-44,46,48-50H2,1-2H3,(H,59,62)(H,65,66,67)/b8-6-,14-12-,47-45+. The van der Waals surface area contributed by atoms with Gasteiger partial charge in [0, 0.05) is 6.42 Å². The molecule has 6 N–H and O–H groups in total. The lowest BCUT2D eigenvalue weighted by molar-refractivity contribution is -0.298. The zero-order chi connectivity index (χ0) is 51.9. The smallest absolute Gasteiger partial charge is 0.394 e. The Balaban J connectivity index is 2.37. The predicted molar refractivity (Wildman–Crippen MR) is 292 cm³/mol. The molecule has 0 radical (unpaired) electrons. The maximum Gasteiger partial charge on any atom is 0.397 e. The maximum atomic E-state index is 13.1. The summed E-state index contributed by atoms with van der Waals surface area (Å²) in [4.78, 5) is 13.1. The lowest BCUT2D eigenvalue weighted by Crippen LogP contribution is -2.61. The van der Waals surface area contributed by atoms with Gasteiger partial charge in [-0.3, -0.25) is 9.35 Å². The van der Waals surface area contributed by atoms with Crippen LogP contribution in [0.15, 0.2) is 36.5 Å². The Morgan fingerprint density at radius 2 is 0.986 bits per heavy atom. The van der Waals surface area contributed by atoms with Crippen LogP contribution in [0.25, 0.3) is 0 Å². The maximum absolute atomic E-state index is 13.1. The first-order valence-corrected chi connectivity index (χ1v) is 30.7. The molecule has 12 nitrogen and oxygen atoms in total. The third kappa shape index (κ3) is 40.3. The normalized spacial score (nSPS) is 19.7. The number of hydrogen-bond donors (Lipinski definition) is 6. The molecule has 1 saturated heterocycles. The van der Waals surface area contributed by atoms with Crippen LogP contribution in [0.5, 0.6) is 0 Å². The Kier molecular flexibility index (Phi) is 45.5. The molecule has 7 atom stereocenters. The molecule has 0 aromatic carbocycles. The van der Waals surface area contributed by atoms with Gasteiger partial charge in [0.25, 0.3) is 0 Å². The average molecular weight is 1030 g/mol. The van der Waals surface area contributed by atoms with E-state index in [0.29, 0.717) is 6.42 Å². The first-order chi connectivity index (χ1) is 34.5. The van der Waals surface area contributed by atoms with Gasteiger partial charge in [0.15, 0.2) is 6.29 Å². The van der Waals surface area contributed by atoms with Crippen LogP contribution in [0.3, 0.4) is 0 Å². The molecule has 0 saturated carbocycles. The van der Waals surface area contributed by atoms with Gasteiger partial charge in [-0.25, -0.2) is 4.18 Å². The van der Waals surface area contributed by atoms with Gasteiger partial charge in [-0.15, -0.1) is 0 Å². The summed E-state index contributed by atoms with van der Waals surface area (Å²) in [5, 5.41) is 45.0. The number of carbonyl (C=O) groups excluding carboxylic acids is 1. The van der Waals surface area contributed by atoms with Gasteiger partial charge >= 0.3 is 10.4 Å². The summed E-state index contributed by atoms with van der Waals surface area (Å²) in [6, 6.07) is -0.944. The fraction of sp³-hybridized carbons (Fsp3) is 0.879. The van der Waals surface area contributed by atoms with Crippen LogP contribution in [0, 0.1) is 0 Å². The van der Waals surface area contributed by atoms with Crippen molar-refractivity contribution in [2.24, 2.45) is 0 Å². The summed E-state index contributed by atoms with van der Waals surface area (Å²) in [6.07, 6.45) is 51.9. The van der Waals surface area contributed by atoms with Crippen LogP contribution in [0.1, 0.15) is 271 Å². The molecule has 1 aliphatic heterocycles. The summed E-state index contributed by atoms with van der Waals surface area (Å²) in [5.74, 6) is -0.260.